The van der Waals surface area contributed by atoms with Crippen LogP contribution >= 0.6 is 0 Å². The zero-order chi connectivity index (χ0) is 10.7. The first kappa shape index (κ1) is 10.5. The van der Waals surface area contributed by atoms with Gasteiger partial charge in [0.25, 0.3) is 0 Å². The first-order chi connectivity index (χ1) is 7.20. The average Bonchev–Trinajstić information content (AvgIpc) is 2.48. The van der Waals surface area contributed by atoms with E-state index in [1.165, 1.54) is 6.33 Å². The van der Waals surface area contributed by atoms with Gasteiger partial charge in [-0.25, -0.2) is 9.37 Å². The van der Waals surface area contributed by atoms with Gasteiger partial charge in [0.15, 0.2) is 0 Å². The highest BCUT2D eigenvalue weighted by Crippen LogP contribution is 2.27. The Hall–Kier alpha value is -0.970. The van der Waals surface area contributed by atoms with Crippen molar-refractivity contribution in [1.82, 2.24) is 20.1 Å². The van der Waals surface area contributed by atoms with Gasteiger partial charge in [0.1, 0.15) is 17.8 Å². The molecule has 2 heterocycles. The first-order valence-corrected chi connectivity index (χ1v) is 5.42. The van der Waals surface area contributed by atoms with Crippen LogP contribution in [0.25, 0.3) is 0 Å². The van der Waals surface area contributed by atoms with Crippen molar-refractivity contribution in [3.8, 4) is 0 Å². The minimum Gasteiger partial charge on any atom is -0.317 e. The summed E-state index contributed by atoms with van der Waals surface area (Å²) < 4.78 is 16.1. The molecule has 1 unspecified atom stereocenters. The van der Waals surface area contributed by atoms with Crippen LogP contribution in [0.5, 0.6) is 0 Å². The van der Waals surface area contributed by atoms with Crippen molar-refractivity contribution >= 4 is 0 Å². The highest BCUT2D eigenvalue weighted by molar-refractivity contribution is 4.95. The molecule has 0 aliphatic carbocycles. The molecule has 5 heteroatoms. The number of halogens is 1. The second kappa shape index (κ2) is 4.26. The van der Waals surface area contributed by atoms with Crippen LogP contribution in [0.4, 0.5) is 4.39 Å². The summed E-state index contributed by atoms with van der Waals surface area (Å²) in [6.45, 7) is 1.68. The van der Waals surface area contributed by atoms with Crippen molar-refractivity contribution in [2.24, 2.45) is 7.05 Å². The van der Waals surface area contributed by atoms with E-state index in [9.17, 15) is 4.39 Å². The van der Waals surface area contributed by atoms with E-state index in [1.807, 2.05) is 0 Å². The predicted octanol–water partition coefficient (Wildman–Crippen LogP) is 0.839. The Kier molecular flexibility index (Phi) is 3.00. The van der Waals surface area contributed by atoms with Crippen LogP contribution in [-0.2, 0) is 13.5 Å². The van der Waals surface area contributed by atoms with E-state index < -0.39 is 5.67 Å². The predicted molar refractivity (Wildman–Crippen MR) is 55.3 cm³/mol. The molecule has 1 saturated heterocycles. The summed E-state index contributed by atoms with van der Waals surface area (Å²) in [6.07, 6.45) is 3.94. The fourth-order valence-electron chi connectivity index (χ4n) is 2.03. The standard InChI is InChI=1S/C10H17FN4/c1-15-9(13-8-14-15)7-10(11)3-2-5-12-6-4-10/h8,12H,2-7H2,1H3. The number of hydrogen-bond acceptors (Lipinski definition) is 3. The molecule has 1 aromatic rings. The number of hydrogen-bond donors (Lipinski definition) is 1. The van der Waals surface area contributed by atoms with Crippen LogP contribution in [0.15, 0.2) is 6.33 Å². The Bertz CT molecular complexity index is 315. The Morgan fingerprint density at radius 1 is 1.53 bits per heavy atom. The molecule has 15 heavy (non-hydrogen) atoms. The quantitative estimate of drug-likeness (QED) is 0.790. The lowest BCUT2D eigenvalue weighted by Gasteiger charge is -2.22. The molecule has 1 atom stereocenters. The molecule has 0 radical (unpaired) electrons. The molecular formula is C10H17FN4. The second-order valence-electron chi connectivity index (χ2n) is 4.23. The van der Waals surface area contributed by atoms with Crippen molar-refractivity contribution in [3.05, 3.63) is 12.2 Å². The van der Waals surface area contributed by atoms with Crippen LogP contribution in [0.3, 0.4) is 0 Å². The molecule has 1 aliphatic heterocycles. The Balaban J connectivity index is 2.05. The maximum atomic E-state index is 14.5. The first-order valence-electron chi connectivity index (χ1n) is 5.42. The van der Waals surface area contributed by atoms with Crippen molar-refractivity contribution in [2.45, 2.75) is 31.4 Å². The molecule has 0 amide bonds. The second-order valence-corrected chi connectivity index (χ2v) is 4.23. The third kappa shape index (κ3) is 2.53. The molecule has 0 spiro atoms. The van der Waals surface area contributed by atoms with E-state index in [2.05, 4.69) is 15.4 Å². The van der Waals surface area contributed by atoms with Gasteiger partial charge in [0.2, 0.25) is 0 Å². The monoisotopic (exact) mass is 212 g/mol. The molecule has 2 rings (SSSR count). The van der Waals surface area contributed by atoms with E-state index in [-0.39, 0.29) is 0 Å². The van der Waals surface area contributed by atoms with Crippen LogP contribution in [0, 0.1) is 0 Å². The number of aromatic nitrogens is 3. The van der Waals surface area contributed by atoms with Crippen molar-refractivity contribution in [1.29, 1.82) is 0 Å². The van der Waals surface area contributed by atoms with Crippen molar-refractivity contribution in [3.63, 3.8) is 0 Å². The lowest BCUT2D eigenvalue weighted by atomic mass is 9.93. The van der Waals surface area contributed by atoms with Gasteiger partial charge in [-0.05, 0) is 32.4 Å². The van der Waals surface area contributed by atoms with Gasteiger partial charge in [0.05, 0.1) is 0 Å². The fraction of sp³-hybridized carbons (Fsp3) is 0.800. The molecule has 1 N–H and O–H groups in total. The lowest BCUT2D eigenvalue weighted by Crippen LogP contribution is -2.29. The largest absolute Gasteiger partial charge is 0.317 e. The van der Waals surface area contributed by atoms with Crippen LogP contribution in [-0.4, -0.2) is 33.5 Å². The van der Waals surface area contributed by atoms with E-state index in [1.54, 1.807) is 11.7 Å². The van der Waals surface area contributed by atoms with E-state index in [0.29, 0.717) is 19.3 Å². The third-order valence-electron chi connectivity index (χ3n) is 3.01. The van der Waals surface area contributed by atoms with Crippen molar-refractivity contribution in [2.75, 3.05) is 13.1 Å². The molecule has 0 saturated carbocycles. The van der Waals surface area contributed by atoms with Gasteiger partial charge in [-0.2, -0.15) is 5.10 Å². The van der Waals surface area contributed by atoms with Gasteiger partial charge in [-0.15, -0.1) is 0 Å². The van der Waals surface area contributed by atoms with Gasteiger partial charge in [-0.1, -0.05) is 0 Å². The fourth-order valence-corrected chi connectivity index (χ4v) is 2.03. The molecule has 1 fully saturated rings. The Labute approximate surface area is 88.9 Å². The molecular weight excluding hydrogens is 195 g/mol. The normalized spacial score (nSPS) is 27.6. The van der Waals surface area contributed by atoms with Gasteiger partial charge >= 0.3 is 0 Å². The summed E-state index contributed by atoms with van der Waals surface area (Å²) in [4.78, 5) is 4.08. The summed E-state index contributed by atoms with van der Waals surface area (Å²) in [7, 11) is 1.81. The minimum absolute atomic E-state index is 0.380. The number of nitrogens with one attached hydrogen (secondary N) is 1. The summed E-state index contributed by atoms with van der Waals surface area (Å²) in [6, 6.07) is 0. The van der Waals surface area contributed by atoms with E-state index >= 15 is 0 Å². The highest BCUT2D eigenvalue weighted by atomic mass is 19.1. The Morgan fingerprint density at radius 3 is 3.13 bits per heavy atom. The van der Waals surface area contributed by atoms with E-state index in [4.69, 9.17) is 0 Å². The van der Waals surface area contributed by atoms with Crippen LogP contribution in [0.1, 0.15) is 25.1 Å². The summed E-state index contributed by atoms with van der Waals surface area (Å²) >= 11 is 0. The topological polar surface area (TPSA) is 42.7 Å². The van der Waals surface area contributed by atoms with Crippen molar-refractivity contribution < 1.29 is 4.39 Å². The minimum atomic E-state index is -1.11. The molecule has 4 nitrogen and oxygen atoms in total. The molecule has 1 aromatic heterocycles. The maximum absolute atomic E-state index is 14.5. The summed E-state index contributed by atoms with van der Waals surface area (Å²) in [5.41, 5.74) is -1.11. The number of rotatable bonds is 2. The Morgan fingerprint density at radius 2 is 2.40 bits per heavy atom. The van der Waals surface area contributed by atoms with Gasteiger partial charge in [-0.3, -0.25) is 4.68 Å². The zero-order valence-electron chi connectivity index (χ0n) is 9.04. The average molecular weight is 212 g/mol. The van der Waals surface area contributed by atoms with Gasteiger partial charge < -0.3 is 5.32 Å². The number of alkyl halides is 1. The molecule has 1 aliphatic rings. The molecule has 84 valence electrons. The molecule has 0 bridgehead atoms. The highest BCUT2D eigenvalue weighted by Gasteiger charge is 2.32. The SMILES string of the molecule is Cn1ncnc1CC1(F)CCCNCC1. The number of aryl methyl sites for hydroxylation is 1. The van der Waals surface area contributed by atoms with Crippen LogP contribution < -0.4 is 5.32 Å². The maximum Gasteiger partial charge on any atom is 0.138 e. The van der Waals surface area contributed by atoms with E-state index in [0.717, 1.165) is 25.3 Å². The smallest absolute Gasteiger partial charge is 0.138 e. The van der Waals surface area contributed by atoms with Gasteiger partial charge in [0, 0.05) is 13.5 Å². The van der Waals surface area contributed by atoms with Crippen LogP contribution in [0.2, 0.25) is 0 Å². The molecule has 0 aromatic carbocycles. The zero-order valence-corrected chi connectivity index (χ0v) is 9.04. The third-order valence-corrected chi connectivity index (χ3v) is 3.01. The summed E-state index contributed by atoms with van der Waals surface area (Å²) in [5, 5.41) is 7.17. The number of nitrogens with zero attached hydrogens (tertiary/aromatic N) is 3. The lowest BCUT2D eigenvalue weighted by molar-refractivity contribution is 0.140. The summed E-state index contributed by atoms with van der Waals surface area (Å²) in [5.74, 6) is 0.736.